The molecule has 1 aliphatic rings. The molecule has 1 saturated carbocycles. The number of benzene rings is 1. The molecule has 0 radical (unpaired) electrons. The van der Waals surface area contributed by atoms with Gasteiger partial charge in [-0.25, -0.2) is 9.07 Å². The van der Waals surface area contributed by atoms with Gasteiger partial charge >= 0.3 is 0 Å². The van der Waals surface area contributed by atoms with Crippen LogP contribution in [0.1, 0.15) is 23.3 Å². The second-order valence-corrected chi connectivity index (χ2v) is 6.81. The van der Waals surface area contributed by atoms with Gasteiger partial charge in [-0.05, 0) is 60.4 Å². The summed E-state index contributed by atoms with van der Waals surface area (Å²) in [6.07, 6.45) is 5.81. The Morgan fingerprint density at radius 3 is 2.74 bits per heavy atom. The van der Waals surface area contributed by atoms with E-state index in [1.165, 1.54) is 12.1 Å². The molecule has 6 heteroatoms. The summed E-state index contributed by atoms with van der Waals surface area (Å²) in [6, 6.07) is 16.4. The Labute approximate surface area is 155 Å². The molecule has 5 nitrogen and oxygen atoms in total. The van der Waals surface area contributed by atoms with Crippen LogP contribution in [0.25, 0.3) is 22.5 Å². The van der Waals surface area contributed by atoms with Crippen molar-refractivity contribution in [2.75, 3.05) is 0 Å². The van der Waals surface area contributed by atoms with Crippen LogP contribution < -0.4 is 5.32 Å². The number of carbonyl (C=O) groups excluding carboxylic acids is 1. The van der Waals surface area contributed by atoms with E-state index in [2.05, 4.69) is 10.4 Å². The highest BCUT2D eigenvalue weighted by Gasteiger charge is 2.24. The quantitative estimate of drug-likeness (QED) is 0.601. The molecule has 3 heterocycles. The van der Waals surface area contributed by atoms with E-state index in [-0.39, 0.29) is 11.7 Å². The molecular weight excluding hydrogens is 343 g/mol. The molecule has 0 unspecified atom stereocenters. The zero-order chi connectivity index (χ0) is 18.4. The van der Waals surface area contributed by atoms with Crippen LogP contribution in [0, 0.1) is 5.82 Å². The topological polar surface area (TPSA) is 51.3 Å². The zero-order valence-electron chi connectivity index (χ0n) is 14.5. The molecule has 134 valence electrons. The van der Waals surface area contributed by atoms with Gasteiger partial charge in [-0.15, -0.1) is 0 Å². The van der Waals surface area contributed by atoms with Crippen LogP contribution in [0.2, 0.25) is 0 Å². The Kier molecular flexibility index (Phi) is 3.57. The van der Waals surface area contributed by atoms with Gasteiger partial charge in [-0.1, -0.05) is 18.2 Å². The van der Waals surface area contributed by atoms with Crippen LogP contribution in [-0.2, 0) is 0 Å². The molecule has 0 spiro atoms. The molecule has 0 aliphatic heterocycles. The van der Waals surface area contributed by atoms with Gasteiger partial charge in [-0.2, -0.15) is 5.10 Å². The van der Waals surface area contributed by atoms with Crippen molar-refractivity contribution in [2.24, 2.45) is 0 Å². The fraction of sp³-hybridized carbons (Fsp3) is 0.143. The summed E-state index contributed by atoms with van der Waals surface area (Å²) in [5.74, 6) is 0.407. The maximum atomic E-state index is 13.6. The van der Waals surface area contributed by atoms with Gasteiger partial charge in [0.2, 0.25) is 0 Å². The Balaban J connectivity index is 1.52. The van der Waals surface area contributed by atoms with Crippen molar-refractivity contribution in [3.8, 4) is 16.9 Å². The van der Waals surface area contributed by atoms with Gasteiger partial charge in [0.1, 0.15) is 11.6 Å². The van der Waals surface area contributed by atoms with E-state index in [9.17, 15) is 9.18 Å². The Morgan fingerprint density at radius 2 is 1.93 bits per heavy atom. The van der Waals surface area contributed by atoms with E-state index in [1.807, 2.05) is 40.9 Å². The molecule has 1 amide bonds. The molecule has 1 N–H and O–H groups in total. The second kappa shape index (κ2) is 6.09. The summed E-state index contributed by atoms with van der Waals surface area (Å²) >= 11 is 0. The third-order valence-corrected chi connectivity index (χ3v) is 4.76. The molecule has 1 aliphatic carbocycles. The Hall–Kier alpha value is -3.41. The highest BCUT2D eigenvalue weighted by molar-refractivity contribution is 5.92. The normalized spacial score (nSPS) is 13.8. The van der Waals surface area contributed by atoms with Crippen LogP contribution >= 0.6 is 0 Å². The largest absolute Gasteiger partial charge is 0.348 e. The smallest absolute Gasteiger partial charge is 0.272 e. The summed E-state index contributed by atoms with van der Waals surface area (Å²) in [5, 5.41) is 7.37. The van der Waals surface area contributed by atoms with Crippen molar-refractivity contribution in [1.82, 2.24) is 19.5 Å². The first kappa shape index (κ1) is 15.8. The maximum absolute atomic E-state index is 13.6. The van der Waals surface area contributed by atoms with Crippen LogP contribution in [0.5, 0.6) is 0 Å². The molecular formula is C21H17FN4O. The molecule has 1 fully saturated rings. The van der Waals surface area contributed by atoms with Gasteiger partial charge in [0.15, 0.2) is 5.69 Å². The molecule has 0 atom stereocenters. The van der Waals surface area contributed by atoms with Gasteiger partial charge in [0, 0.05) is 24.0 Å². The van der Waals surface area contributed by atoms with Crippen LogP contribution in [0.3, 0.4) is 0 Å². The number of aromatic nitrogens is 3. The lowest BCUT2D eigenvalue weighted by Gasteiger charge is -2.07. The number of nitrogens with zero attached hydrogens (tertiary/aromatic N) is 3. The van der Waals surface area contributed by atoms with E-state index in [0.717, 1.165) is 35.3 Å². The summed E-state index contributed by atoms with van der Waals surface area (Å²) in [4.78, 5) is 12.2. The Bertz CT molecular complexity index is 1160. The number of rotatable bonds is 4. The maximum Gasteiger partial charge on any atom is 0.272 e. The van der Waals surface area contributed by atoms with Crippen LogP contribution in [0.15, 0.2) is 67.0 Å². The number of hydrogen-bond donors (Lipinski definition) is 1. The highest BCUT2D eigenvalue weighted by Crippen LogP contribution is 2.24. The standard InChI is InChI=1S/C21H17FN4O/c22-16-3-1-2-14(12-16)15-4-7-18-8-9-20(25(18)13-15)26-11-10-19(24-26)21(27)23-17-5-6-17/h1-4,7-13,17H,5-6H2,(H,23,27). The van der Waals surface area contributed by atoms with Crippen molar-refractivity contribution in [3.63, 3.8) is 0 Å². The van der Waals surface area contributed by atoms with Gasteiger partial charge in [0.25, 0.3) is 5.91 Å². The van der Waals surface area contributed by atoms with Crippen molar-refractivity contribution >= 4 is 11.4 Å². The molecule has 27 heavy (non-hydrogen) atoms. The van der Waals surface area contributed by atoms with E-state index in [0.29, 0.717) is 11.7 Å². The summed E-state index contributed by atoms with van der Waals surface area (Å²) in [7, 11) is 0. The average molecular weight is 360 g/mol. The predicted molar refractivity (Wildman–Crippen MR) is 100 cm³/mol. The van der Waals surface area contributed by atoms with Crippen molar-refractivity contribution in [1.29, 1.82) is 0 Å². The molecule has 3 aromatic heterocycles. The fourth-order valence-corrected chi connectivity index (χ4v) is 3.17. The van der Waals surface area contributed by atoms with Crippen LogP contribution in [-0.4, -0.2) is 26.1 Å². The van der Waals surface area contributed by atoms with E-state index >= 15 is 0 Å². The SMILES string of the molecule is O=C(NC1CC1)c1ccn(-c2ccc3ccc(-c4cccc(F)c4)cn23)n1. The number of nitrogens with one attached hydrogen (secondary N) is 1. The summed E-state index contributed by atoms with van der Waals surface area (Å²) in [6.45, 7) is 0. The van der Waals surface area contributed by atoms with Gasteiger partial charge in [0.05, 0.1) is 0 Å². The van der Waals surface area contributed by atoms with Crippen molar-refractivity contribution in [3.05, 3.63) is 78.5 Å². The van der Waals surface area contributed by atoms with Gasteiger partial charge in [-0.3, -0.25) is 4.79 Å². The lowest BCUT2D eigenvalue weighted by molar-refractivity contribution is 0.0945. The van der Waals surface area contributed by atoms with Crippen molar-refractivity contribution < 1.29 is 9.18 Å². The molecule has 4 aromatic rings. The number of halogens is 1. The number of amides is 1. The van der Waals surface area contributed by atoms with Crippen molar-refractivity contribution in [2.45, 2.75) is 18.9 Å². The van der Waals surface area contributed by atoms with E-state index in [4.69, 9.17) is 0 Å². The number of carbonyl (C=O) groups is 1. The summed E-state index contributed by atoms with van der Waals surface area (Å²) < 4.78 is 17.2. The number of pyridine rings is 1. The van der Waals surface area contributed by atoms with Crippen LogP contribution in [0.4, 0.5) is 4.39 Å². The second-order valence-electron chi connectivity index (χ2n) is 6.81. The minimum atomic E-state index is -0.265. The zero-order valence-corrected chi connectivity index (χ0v) is 14.5. The molecule has 5 rings (SSSR count). The first-order valence-electron chi connectivity index (χ1n) is 8.91. The molecule has 0 saturated heterocycles. The lowest BCUT2D eigenvalue weighted by Crippen LogP contribution is -2.25. The highest BCUT2D eigenvalue weighted by atomic mass is 19.1. The number of fused-ring (bicyclic) bond motifs is 1. The lowest BCUT2D eigenvalue weighted by atomic mass is 10.1. The molecule has 1 aromatic carbocycles. The van der Waals surface area contributed by atoms with E-state index < -0.39 is 0 Å². The first-order valence-corrected chi connectivity index (χ1v) is 8.91. The van der Waals surface area contributed by atoms with E-state index in [1.54, 1.807) is 23.0 Å². The summed E-state index contributed by atoms with van der Waals surface area (Å²) in [5.41, 5.74) is 3.10. The fourth-order valence-electron chi connectivity index (χ4n) is 3.17. The monoisotopic (exact) mass is 360 g/mol. The minimum absolute atomic E-state index is 0.141. The first-order chi connectivity index (χ1) is 13.2. The predicted octanol–water partition coefficient (Wildman–Crippen LogP) is 3.82. The Morgan fingerprint density at radius 1 is 1.07 bits per heavy atom. The number of hydrogen-bond acceptors (Lipinski definition) is 2. The third kappa shape index (κ3) is 2.99. The third-order valence-electron chi connectivity index (χ3n) is 4.76. The average Bonchev–Trinajstić information content (AvgIpc) is 3.19. The van der Waals surface area contributed by atoms with Gasteiger partial charge < -0.3 is 9.72 Å². The molecule has 0 bridgehead atoms. The minimum Gasteiger partial charge on any atom is -0.348 e.